The molecule has 1 N–H and O–H groups in total. The molecule has 0 aliphatic carbocycles. The third-order valence-electron chi connectivity index (χ3n) is 2.01. The number of aromatic nitrogens is 3. The molecule has 0 saturated carbocycles. The average molecular weight is 272 g/mol. The summed E-state index contributed by atoms with van der Waals surface area (Å²) in [4.78, 5) is 6.56. The average Bonchev–Trinajstić information content (AvgIpc) is 2.94. The Morgan fingerprint density at radius 3 is 2.89 bits per heavy atom. The number of rotatable bonds is 4. The second kappa shape index (κ2) is 5.11. The Labute approximate surface area is 104 Å². The van der Waals surface area contributed by atoms with E-state index in [1.165, 1.54) is 12.3 Å². The normalized spacial score (nSPS) is 11.5. The maximum absolute atomic E-state index is 11.8. The summed E-state index contributed by atoms with van der Waals surface area (Å²) in [5, 5.41) is 12.1. The Morgan fingerprint density at radius 1 is 1.47 bits per heavy atom. The topological polar surface area (TPSA) is 87.7 Å². The molecule has 0 atom stereocenters. The van der Waals surface area contributed by atoms with Crippen molar-refractivity contribution in [2.24, 2.45) is 0 Å². The lowest BCUT2D eigenvalue weighted by molar-refractivity contribution is -0.177. The summed E-state index contributed by atoms with van der Waals surface area (Å²) >= 11 is 0. The van der Waals surface area contributed by atoms with Crippen molar-refractivity contribution in [1.82, 2.24) is 15.1 Å². The number of nitrogens with one attached hydrogen (secondary N) is 1. The van der Waals surface area contributed by atoms with E-state index in [4.69, 9.17) is 9.78 Å². The molecule has 9 heteroatoms. The number of ether oxygens (including phenoxy) is 1. The molecule has 0 radical (unpaired) electrons. The van der Waals surface area contributed by atoms with Crippen molar-refractivity contribution in [3.63, 3.8) is 0 Å². The molecule has 0 spiro atoms. The number of hydrogen-bond donors (Lipinski definition) is 1. The van der Waals surface area contributed by atoms with E-state index >= 15 is 0 Å². The van der Waals surface area contributed by atoms with Crippen LogP contribution >= 0.6 is 0 Å². The van der Waals surface area contributed by atoms with Crippen LogP contribution in [-0.2, 0) is 11.3 Å². The maximum atomic E-state index is 11.8. The summed E-state index contributed by atoms with van der Waals surface area (Å²) in [5.41, 5.74) is 0.786. The van der Waals surface area contributed by atoms with Gasteiger partial charge in [-0.3, -0.25) is 0 Å². The highest BCUT2D eigenvalue weighted by atomic mass is 19.4. The van der Waals surface area contributed by atoms with Crippen LogP contribution in [0.15, 0.2) is 16.8 Å². The fourth-order valence-electron chi connectivity index (χ4n) is 1.26. The predicted octanol–water partition coefficient (Wildman–Crippen LogP) is 2.02. The number of halogens is 3. The van der Waals surface area contributed by atoms with E-state index in [0.717, 1.165) is 0 Å². The number of H-pyrrole nitrogens is 1. The van der Waals surface area contributed by atoms with Gasteiger partial charge < -0.3 is 14.2 Å². The zero-order chi connectivity index (χ0) is 13.9. The monoisotopic (exact) mass is 272 g/mol. The van der Waals surface area contributed by atoms with E-state index in [2.05, 4.69) is 19.9 Å². The molecule has 0 saturated heterocycles. The fourth-order valence-corrected chi connectivity index (χ4v) is 1.26. The van der Waals surface area contributed by atoms with Gasteiger partial charge in [0.25, 0.3) is 5.89 Å². The standard InChI is InChI=1S/C10H7F3N4O2/c11-10(12,13)5-18-4-8-16-9(19-17-8)7-1-6(2-14)3-15-7/h1,3,15H,4-5H2. The van der Waals surface area contributed by atoms with E-state index in [0.29, 0.717) is 11.3 Å². The number of alkyl halides is 3. The molecule has 19 heavy (non-hydrogen) atoms. The molecule has 0 aromatic carbocycles. The van der Waals surface area contributed by atoms with Crippen LogP contribution in [0.2, 0.25) is 0 Å². The summed E-state index contributed by atoms with van der Waals surface area (Å²) in [7, 11) is 0. The predicted molar refractivity (Wildman–Crippen MR) is 54.5 cm³/mol. The Morgan fingerprint density at radius 2 is 2.26 bits per heavy atom. The minimum atomic E-state index is -4.40. The molecule has 0 aliphatic heterocycles. The lowest BCUT2D eigenvalue weighted by Crippen LogP contribution is -2.16. The molecular formula is C10H7F3N4O2. The molecular weight excluding hydrogens is 265 g/mol. The van der Waals surface area contributed by atoms with Gasteiger partial charge in [-0.05, 0) is 6.07 Å². The van der Waals surface area contributed by atoms with Crippen molar-refractivity contribution >= 4 is 0 Å². The number of nitriles is 1. The van der Waals surface area contributed by atoms with Crippen LogP contribution in [0.5, 0.6) is 0 Å². The van der Waals surface area contributed by atoms with Gasteiger partial charge in [-0.25, -0.2) is 0 Å². The summed E-state index contributed by atoms with van der Waals surface area (Å²) in [6.45, 7) is -1.78. The zero-order valence-electron chi connectivity index (χ0n) is 9.36. The van der Waals surface area contributed by atoms with Gasteiger partial charge in [0, 0.05) is 6.20 Å². The molecule has 100 valence electrons. The van der Waals surface area contributed by atoms with E-state index in [1.807, 2.05) is 6.07 Å². The van der Waals surface area contributed by atoms with Crippen molar-refractivity contribution < 1.29 is 22.4 Å². The van der Waals surface area contributed by atoms with Crippen molar-refractivity contribution in [1.29, 1.82) is 5.26 Å². The highest BCUT2D eigenvalue weighted by molar-refractivity contribution is 5.51. The number of nitrogens with zero attached hydrogens (tertiary/aromatic N) is 3. The second-order valence-electron chi connectivity index (χ2n) is 3.54. The molecule has 2 rings (SSSR count). The van der Waals surface area contributed by atoms with Gasteiger partial charge in [0.15, 0.2) is 5.82 Å². The molecule has 6 nitrogen and oxygen atoms in total. The van der Waals surface area contributed by atoms with E-state index in [1.54, 1.807) is 0 Å². The molecule has 2 heterocycles. The van der Waals surface area contributed by atoms with Crippen molar-refractivity contribution in [3.8, 4) is 17.7 Å². The summed E-state index contributed by atoms with van der Waals surface area (Å²) in [6, 6.07) is 3.38. The Kier molecular flexibility index (Phi) is 3.52. The maximum Gasteiger partial charge on any atom is 0.411 e. The summed E-state index contributed by atoms with van der Waals surface area (Å²) < 4.78 is 44.8. The highest BCUT2D eigenvalue weighted by Gasteiger charge is 2.27. The third kappa shape index (κ3) is 3.56. The van der Waals surface area contributed by atoms with Crippen LogP contribution in [0.25, 0.3) is 11.6 Å². The summed E-state index contributed by atoms with van der Waals surface area (Å²) in [5.74, 6) is 0.0690. The Balaban J connectivity index is 1.97. The smallest absolute Gasteiger partial charge is 0.364 e. The molecule has 0 fully saturated rings. The fraction of sp³-hybridized carbons (Fsp3) is 0.300. The van der Waals surface area contributed by atoms with Crippen LogP contribution in [0.4, 0.5) is 13.2 Å². The molecule has 0 unspecified atom stereocenters. The van der Waals surface area contributed by atoms with Crippen LogP contribution in [0.3, 0.4) is 0 Å². The van der Waals surface area contributed by atoms with Gasteiger partial charge in [-0.1, -0.05) is 5.16 Å². The number of hydrogen-bond acceptors (Lipinski definition) is 5. The lowest BCUT2D eigenvalue weighted by Gasteiger charge is -2.04. The van der Waals surface area contributed by atoms with Crippen LogP contribution in [0.1, 0.15) is 11.4 Å². The molecule has 2 aromatic heterocycles. The molecule has 0 bridgehead atoms. The van der Waals surface area contributed by atoms with Crippen LogP contribution in [-0.4, -0.2) is 27.9 Å². The first-order valence-corrected chi connectivity index (χ1v) is 5.04. The lowest BCUT2D eigenvalue weighted by atomic mass is 10.3. The van der Waals surface area contributed by atoms with Gasteiger partial charge in [-0.15, -0.1) is 0 Å². The first-order valence-electron chi connectivity index (χ1n) is 5.04. The molecule has 2 aromatic rings. The SMILES string of the molecule is N#Cc1c[nH]c(-c2nc(COCC(F)(F)F)no2)c1. The Bertz CT molecular complexity index is 596. The minimum absolute atomic E-state index is 0.00708. The van der Waals surface area contributed by atoms with Gasteiger partial charge in [0.1, 0.15) is 25.0 Å². The van der Waals surface area contributed by atoms with E-state index < -0.39 is 19.4 Å². The first kappa shape index (κ1) is 13.1. The van der Waals surface area contributed by atoms with Crippen LogP contribution < -0.4 is 0 Å². The van der Waals surface area contributed by atoms with Gasteiger partial charge in [0.05, 0.1) is 5.56 Å². The van der Waals surface area contributed by atoms with Crippen LogP contribution in [0, 0.1) is 11.3 Å². The molecule has 0 aliphatic rings. The van der Waals surface area contributed by atoms with Gasteiger partial charge >= 0.3 is 6.18 Å². The largest absolute Gasteiger partial charge is 0.411 e. The second-order valence-corrected chi connectivity index (χ2v) is 3.54. The van der Waals surface area contributed by atoms with E-state index in [-0.39, 0.29) is 11.7 Å². The number of aromatic amines is 1. The Hall–Kier alpha value is -2.34. The highest BCUT2D eigenvalue weighted by Crippen LogP contribution is 2.18. The third-order valence-corrected chi connectivity index (χ3v) is 2.01. The first-order chi connectivity index (χ1) is 8.98. The van der Waals surface area contributed by atoms with Crippen molar-refractivity contribution in [2.45, 2.75) is 12.8 Å². The minimum Gasteiger partial charge on any atom is -0.364 e. The van der Waals surface area contributed by atoms with Crippen molar-refractivity contribution in [2.75, 3.05) is 6.61 Å². The van der Waals surface area contributed by atoms with Crippen molar-refractivity contribution in [3.05, 3.63) is 23.7 Å². The van der Waals surface area contributed by atoms with Gasteiger partial charge in [0.2, 0.25) is 0 Å². The van der Waals surface area contributed by atoms with E-state index in [9.17, 15) is 13.2 Å². The quantitative estimate of drug-likeness (QED) is 0.919. The zero-order valence-corrected chi connectivity index (χ0v) is 9.36. The van der Waals surface area contributed by atoms with Gasteiger partial charge in [-0.2, -0.15) is 23.4 Å². The molecule has 0 amide bonds. The summed E-state index contributed by atoms with van der Waals surface area (Å²) in [6.07, 6.45) is -2.95.